The summed E-state index contributed by atoms with van der Waals surface area (Å²) in [5, 5.41) is 0. The number of amides is 1. The highest BCUT2D eigenvalue weighted by atomic mass is 16.2. The van der Waals surface area contributed by atoms with Crippen LogP contribution < -0.4 is 4.90 Å². The summed E-state index contributed by atoms with van der Waals surface area (Å²) < 4.78 is 0. The maximum absolute atomic E-state index is 12.0. The molecule has 0 bridgehead atoms. The van der Waals surface area contributed by atoms with Gasteiger partial charge < -0.3 is 9.80 Å². The largest absolute Gasteiger partial charge is 0.352 e. The van der Waals surface area contributed by atoms with Gasteiger partial charge in [-0.3, -0.25) is 4.79 Å². The van der Waals surface area contributed by atoms with E-state index >= 15 is 0 Å². The average molecular weight is 296 g/mol. The molecule has 5 heteroatoms. The number of anilines is 1. The van der Waals surface area contributed by atoms with E-state index in [1.54, 1.807) is 13.1 Å². The normalized spacial score (nSPS) is 18.4. The van der Waals surface area contributed by atoms with E-state index in [-0.39, 0.29) is 11.9 Å². The lowest BCUT2D eigenvalue weighted by Crippen LogP contribution is -2.50. The van der Waals surface area contributed by atoms with Crippen molar-refractivity contribution in [3.8, 4) is 0 Å². The quantitative estimate of drug-likeness (QED) is 0.852. The van der Waals surface area contributed by atoms with Gasteiger partial charge in [0.25, 0.3) is 0 Å². The number of carbonyl (C=O) groups excluding carboxylic acids is 1. The van der Waals surface area contributed by atoms with Crippen LogP contribution in [-0.2, 0) is 4.79 Å². The molecule has 1 aromatic carbocycles. The number of carbonyl (C=O) groups is 1. The highest BCUT2D eigenvalue weighted by molar-refractivity contribution is 5.74. The number of hydrogen-bond acceptors (Lipinski definition) is 4. The Morgan fingerprint density at radius 1 is 1.18 bits per heavy atom. The molecular formula is C17H20N4O. The number of benzene rings is 1. The fraction of sp³-hybridized carbons (Fsp3) is 0.353. The molecule has 0 spiro atoms. The molecule has 0 radical (unpaired) electrons. The van der Waals surface area contributed by atoms with Gasteiger partial charge in [0.05, 0.1) is 6.04 Å². The molecule has 1 aliphatic rings. The molecule has 1 aliphatic heterocycles. The summed E-state index contributed by atoms with van der Waals surface area (Å²) in [6, 6.07) is 12.2. The Labute approximate surface area is 130 Å². The van der Waals surface area contributed by atoms with Crippen LogP contribution in [0, 0.1) is 6.92 Å². The minimum Gasteiger partial charge on any atom is -0.352 e. The van der Waals surface area contributed by atoms with E-state index in [0.717, 1.165) is 30.3 Å². The molecule has 1 atom stereocenters. The zero-order valence-corrected chi connectivity index (χ0v) is 12.9. The summed E-state index contributed by atoms with van der Waals surface area (Å²) in [6.07, 6.45) is 1.78. The fourth-order valence-corrected chi connectivity index (χ4v) is 2.95. The maximum Gasteiger partial charge on any atom is 0.220 e. The highest BCUT2D eigenvalue weighted by Gasteiger charge is 2.30. The van der Waals surface area contributed by atoms with Crippen molar-refractivity contribution in [2.75, 3.05) is 24.5 Å². The van der Waals surface area contributed by atoms with Crippen molar-refractivity contribution in [2.24, 2.45) is 0 Å². The van der Waals surface area contributed by atoms with Crippen LogP contribution in [0.15, 0.2) is 42.6 Å². The van der Waals surface area contributed by atoms with Gasteiger partial charge in [0.1, 0.15) is 11.6 Å². The van der Waals surface area contributed by atoms with Gasteiger partial charge in [0.15, 0.2) is 0 Å². The minimum absolute atomic E-state index is 0.0581. The zero-order valence-electron chi connectivity index (χ0n) is 12.9. The lowest BCUT2D eigenvalue weighted by Gasteiger charge is -2.41. The van der Waals surface area contributed by atoms with E-state index in [9.17, 15) is 4.79 Å². The smallest absolute Gasteiger partial charge is 0.220 e. The first-order valence-corrected chi connectivity index (χ1v) is 7.52. The molecule has 114 valence electrons. The fourth-order valence-electron chi connectivity index (χ4n) is 2.95. The van der Waals surface area contributed by atoms with Gasteiger partial charge in [-0.05, 0) is 18.6 Å². The Morgan fingerprint density at radius 2 is 1.95 bits per heavy atom. The summed E-state index contributed by atoms with van der Waals surface area (Å²) in [5.74, 6) is 1.81. The second-order valence-corrected chi connectivity index (χ2v) is 5.55. The number of nitrogens with zero attached hydrogens (tertiary/aromatic N) is 4. The third-order valence-electron chi connectivity index (χ3n) is 4.05. The van der Waals surface area contributed by atoms with Crippen LogP contribution >= 0.6 is 0 Å². The zero-order chi connectivity index (χ0) is 15.5. The Morgan fingerprint density at radius 3 is 2.64 bits per heavy atom. The van der Waals surface area contributed by atoms with Gasteiger partial charge in [-0.2, -0.15) is 0 Å². The molecule has 0 N–H and O–H groups in total. The summed E-state index contributed by atoms with van der Waals surface area (Å²) in [4.78, 5) is 24.8. The number of piperazine rings is 1. The Hall–Kier alpha value is -2.43. The monoisotopic (exact) mass is 296 g/mol. The van der Waals surface area contributed by atoms with Crippen LogP contribution in [0.5, 0.6) is 0 Å². The molecule has 1 saturated heterocycles. The van der Waals surface area contributed by atoms with Gasteiger partial charge >= 0.3 is 0 Å². The van der Waals surface area contributed by atoms with Crippen LogP contribution in [0.25, 0.3) is 0 Å². The first kappa shape index (κ1) is 14.5. The predicted octanol–water partition coefficient (Wildman–Crippen LogP) is 2.19. The lowest BCUT2D eigenvalue weighted by molar-refractivity contribution is -0.131. The van der Waals surface area contributed by atoms with Crippen molar-refractivity contribution in [1.29, 1.82) is 0 Å². The third-order valence-corrected chi connectivity index (χ3v) is 4.05. The van der Waals surface area contributed by atoms with Gasteiger partial charge in [-0.25, -0.2) is 9.97 Å². The molecule has 1 aromatic heterocycles. The Bertz CT molecular complexity index is 659. The molecule has 2 heterocycles. The molecule has 0 aliphatic carbocycles. The Balaban J connectivity index is 1.88. The van der Waals surface area contributed by atoms with Crippen molar-refractivity contribution in [1.82, 2.24) is 14.9 Å². The SMILES string of the molecule is CC(=O)N1CCN(c2ccnc(C)n2)C[C@H]1c1ccccc1. The van der Waals surface area contributed by atoms with E-state index in [1.807, 2.05) is 36.1 Å². The van der Waals surface area contributed by atoms with Crippen LogP contribution in [-0.4, -0.2) is 40.4 Å². The second-order valence-electron chi connectivity index (χ2n) is 5.55. The molecule has 1 fully saturated rings. The van der Waals surface area contributed by atoms with E-state index in [1.165, 1.54) is 0 Å². The lowest BCUT2D eigenvalue weighted by atomic mass is 10.0. The number of hydrogen-bond donors (Lipinski definition) is 0. The summed E-state index contributed by atoms with van der Waals surface area (Å²) in [7, 11) is 0. The van der Waals surface area contributed by atoms with Gasteiger partial charge in [-0.15, -0.1) is 0 Å². The first-order chi connectivity index (χ1) is 10.6. The summed E-state index contributed by atoms with van der Waals surface area (Å²) in [5.41, 5.74) is 1.16. The van der Waals surface area contributed by atoms with Gasteiger partial charge in [-0.1, -0.05) is 30.3 Å². The van der Waals surface area contributed by atoms with Crippen molar-refractivity contribution in [3.63, 3.8) is 0 Å². The number of aryl methyl sites for hydroxylation is 1. The van der Waals surface area contributed by atoms with E-state index < -0.39 is 0 Å². The molecule has 22 heavy (non-hydrogen) atoms. The molecule has 2 aromatic rings. The van der Waals surface area contributed by atoms with Crippen LogP contribution in [0.1, 0.15) is 24.4 Å². The number of rotatable bonds is 2. The van der Waals surface area contributed by atoms with Gasteiger partial charge in [0.2, 0.25) is 5.91 Å². The van der Waals surface area contributed by atoms with Crippen molar-refractivity contribution < 1.29 is 4.79 Å². The minimum atomic E-state index is 0.0581. The van der Waals surface area contributed by atoms with E-state index in [4.69, 9.17) is 0 Å². The summed E-state index contributed by atoms with van der Waals surface area (Å²) in [6.45, 7) is 5.78. The third kappa shape index (κ3) is 2.93. The van der Waals surface area contributed by atoms with E-state index in [0.29, 0.717) is 6.54 Å². The molecule has 1 amide bonds. The summed E-state index contributed by atoms with van der Waals surface area (Å²) >= 11 is 0. The average Bonchev–Trinajstić information content (AvgIpc) is 2.55. The topological polar surface area (TPSA) is 49.3 Å². The highest BCUT2D eigenvalue weighted by Crippen LogP contribution is 2.27. The van der Waals surface area contributed by atoms with Crippen LogP contribution in [0.4, 0.5) is 5.82 Å². The Kier molecular flexibility index (Phi) is 4.04. The predicted molar refractivity (Wildman–Crippen MR) is 85.6 cm³/mol. The van der Waals surface area contributed by atoms with Crippen LogP contribution in [0.2, 0.25) is 0 Å². The molecular weight excluding hydrogens is 276 g/mol. The second kappa shape index (κ2) is 6.13. The van der Waals surface area contributed by atoms with Crippen molar-refractivity contribution in [2.45, 2.75) is 19.9 Å². The molecule has 0 unspecified atom stereocenters. The number of aromatic nitrogens is 2. The molecule has 0 saturated carbocycles. The van der Waals surface area contributed by atoms with Crippen molar-refractivity contribution >= 4 is 11.7 Å². The van der Waals surface area contributed by atoms with E-state index in [2.05, 4.69) is 27.0 Å². The molecule has 5 nitrogen and oxygen atoms in total. The van der Waals surface area contributed by atoms with Crippen molar-refractivity contribution in [3.05, 3.63) is 54.0 Å². The molecule has 3 rings (SSSR count). The van der Waals surface area contributed by atoms with Gasteiger partial charge in [0, 0.05) is 32.8 Å². The maximum atomic E-state index is 12.0. The first-order valence-electron chi connectivity index (χ1n) is 7.52. The van der Waals surface area contributed by atoms with Crippen LogP contribution in [0.3, 0.4) is 0 Å². The standard InChI is InChI=1S/C17H20N4O/c1-13-18-9-8-17(19-13)20-10-11-21(14(2)22)16(12-20)15-6-4-3-5-7-15/h3-9,16H,10-12H2,1-2H3/t16-/m0/s1.